The zero-order chi connectivity index (χ0) is 21.0. The number of anilines is 2. The maximum absolute atomic E-state index is 13.4. The molecule has 1 saturated heterocycles. The van der Waals surface area contributed by atoms with Crippen LogP contribution in [0.4, 0.5) is 11.4 Å². The zero-order valence-corrected chi connectivity index (χ0v) is 17.3. The van der Waals surface area contributed by atoms with Gasteiger partial charge in [0.25, 0.3) is 0 Å². The van der Waals surface area contributed by atoms with E-state index in [2.05, 4.69) is 26.0 Å². The van der Waals surface area contributed by atoms with Crippen molar-refractivity contribution in [3.8, 4) is 0 Å². The Morgan fingerprint density at radius 3 is 2.06 bits per heavy atom. The summed E-state index contributed by atoms with van der Waals surface area (Å²) >= 11 is 0. The molecule has 0 saturated carbocycles. The molecule has 31 heavy (non-hydrogen) atoms. The summed E-state index contributed by atoms with van der Waals surface area (Å²) < 4.78 is 2.05. The molecule has 6 heteroatoms. The molecule has 0 N–H and O–H groups in total. The number of nitrogens with zero attached hydrogens (tertiary/aromatic N) is 5. The molecule has 0 radical (unpaired) electrons. The van der Waals surface area contributed by atoms with Crippen LogP contribution >= 0.6 is 0 Å². The highest BCUT2D eigenvalue weighted by molar-refractivity contribution is 6.01. The van der Waals surface area contributed by atoms with Gasteiger partial charge in [-0.05, 0) is 49.2 Å². The van der Waals surface area contributed by atoms with Crippen LogP contribution in [0.3, 0.4) is 0 Å². The van der Waals surface area contributed by atoms with E-state index < -0.39 is 0 Å². The third-order valence-corrected chi connectivity index (χ3v) is 5.92. The van der Waals surface area contributed by atoms with E-state index in [1.54, 1.807) is 0 Å². The lowest BCUT2D eigenvalue weighted by Crippen LogP contribution is -2.42. The van der Waals surface area contributed by atoms with Gasteiger partial charge in [-0.1, -0.05) is 53.7 Å². The highest BCUT2D eigenvalue weighted by atomic mass is 16.2. The number of fused-ring (bicyclic) bond motifs is 1. The highest BCUT2D eigenvalue weighted by Gasteiger charge is 2.26. The smallest absolute Gasteiger partial charge is 0.245 e. The first-order valence-electron chi connectivity index (χ1n) is 10.7. The molecule has 1 aromatic heterocycles. The summed E-state index contributed by atoms with van der Waals surface area (Å²) in [4.78, 5) is 17.4. The minimum Gasteiger partial charge on any atom is -0.294 e. The Bertz CT molecular complexity index is 1110. The molecule has 0 unspecified atom stereocenters. The molecule has 0 atom stereocenters. The summed E-state index contributed by atoms with van der Waals surface area (Å²) in [7, 11) is 0. The summed E-state index contributed by atoms with van der Waals surface area (Å²) in [5.74, 6) is 0.0852. The number of piperidine rings is 1. The van der Waals surface area contributed by atoms with E-state index in [1.165, 1.54) is 0 Å². The maximum atomic E-state index is 13.4. The lowest BCUT2D eigenvalue weighted by molar-refractivity contribution is -0.119. The molecule has 156 valence electrons. The van der Waals surface area contributed by atoms with Gasteiger partial charge < -0.3 is 0 Å². The van der Waals surface area contributed by atoms with Crippen molar-refractivity contribution in [3.63, 3.8) is 0 Å². The van der Waals surface area contributed by atoms with Gasteiger partial charge in [0.15, 0.2) is 0 Å². The maximum Gasteiger partial charge on any atom is 0.245 e. The Labute approximate surface area is 181 Å². The molecule has 4 aromatic rings. The molecule has 3 aromatic carbocycles. The number of para-hydroxylation sites is 3. The Morgan fingerprint density at radius 1 is 0.839 bits per heavy atom. The standard InChI is InChI=1S/C25H25N5O/c31-25(29(20-9-3-1-4-10-20)21-11-5-2-6-12-21)19-28-17-15-22(16-18-28)30-24-14-8-7-13-23(24)26-27-30/h1-14,22H,15-19H2. The molecular formula is C25H25N5O. The van der Waals surface area contributed by atoms with Crippen LogP contribution in [0.5, 0.6) is 0 Å². The Kier molecular flexibility index (Phi) is 5.46. The Hall–Kier alpha value is -3.51. The first-order chi connectivity index (χ1) is 15.3. The second-order valence-corrected chi connectivity index (χ2v) is 7.93. The minimum atomic E-state index is 0.0852. The second-order valence-electron chi connectivity index (χ2n) is 7.93. The van der Waals surface area contributed by atoms with Crippen molar-refractivity contribution in [1.29, 1.82) is 0 Å². The Morgan fingerprint density at radius 2 is 1.42 bits per heavy atom. The molecule has 1 amide bonds. The summed E-state index contributed by atoms with van der Waals surface area (Å²) in [5, 5.41) is 8.68. The van der Waals surface area contributed by atoms with Crippen molar-refractivity contribution in [2.24, 2.45) is 0 Å². The normalized spacial score (nSPS) is 15.2. The van der Waals surface area contributed by atoms with E-state index in [0.29, 0.717) is 12.6 Å². The van der Waals surface area contributed by atoms with Gasteiger partial charge in [-0.3, -0.25) is 14.6 Å². The number of carbonyl (C=O) groups excluding carboxylic acids is 1. The number of carbonyl (C=O) groups is 1. The third-order valence-electron chi connectivity index (χ3n) is 5.92. The first kappa shape index (κ1) is 19.5. The van der Waals surface area contributed by atoms with Gasteiger partial charge in [0.1, 0.15) is 5.52 Å². The van der Waals surface area contributed by atoms with Crippen LogP contribution < -0.4 is 4.90 Å². The number of aromatic nitrogens is 3. The van der Waals surface area contributed by atoms with Crippen LogP contribution in [0.25, 0.3) is 11.0 Å². The summed E-state index contributed by atoms with van der Waals surface area (Å²) in [6.45, 7) is 2.12. The van der Waals surface area contributed by atoms with Crippen molar-refractivity contribution in [3.05, 3.63) is 84.9 Å². The molecule has 0 bridgehead atoms. The summed E-state index contributed by atoms with van der Waals surface area (Å²) in [6, 6.07) is 28.1. The Balaban J connectivity index is 1.28. The van der Waals surface area contributed by atoms with E-state index in [0.717, 1.165) is 48.3 Å². The fraction of sp³-hybridized carbons (Fsp3) is 0.240. The zero-order valence-electron chi connectivity index (χ0n) is 17.3. The summed E-state index contributed by atoms with van der Waals surface area (Å²) in [5.41, 5.74) is 3.79. The minimum absolute atomic E-state index is 0.0852. The number of benzene rings is 3. The van der Waals surface area contributed by atoms with Gasteiger partial charge in [0, 0.05) is 24.5 Å². The van der Waals surface area contributed by atoms with Crippen molar-refractivity contribution in [2.45, 2.75) is 18.9 Å². The molecule has 2 heterocycles. The summed E-state index contributed by atoms with van der Waals surface area (Å²) in [6.07, 6.45) is 1.91. The van der Waals surface area contributed by atoms with E-state index in [-0.39, 0.29) is 5.91 Å². The molecule has 6 nitrogen and oxygen atoms in total. The monoisotopic (exact) mass is 411 g/mol. The predicted octanol–water partition coefficient (Wildman–Crippen LogP) is 4.43. The van der Waals surface area contributed by atoms with Crippen LogP contribution in [0, 0.1) is 0 Å². The van der Waals surface area contributed by atoms with Gasteiger partial charge in [-0.25, -0.2) is 4.68 Å². The molecule has 0 spiro atoms. The van der Waals surface area contributed by atoms with Crippen LogP contribution in [0.1, 0.15) is 18.9 Å². The van der Waals surface area contributed by atoms with Gasteiger partial charge in [-0.2, -0.15) is 0 Å². The van der Waals surface area contributed by atoms with Crippen molar-refractivity contribution in [1.82, 2.24) is 19.9 Å². The fourth-order valence-electron chi connectivity index (χ4n) is 4.33. The average Bonchev–Trinajstić information content (AvgIpc) is 3.25. The number of rotatable bonds is 5. The molecule has 1 fully saturated rings. The van der Waals surface area contributed by atoms with Crippen molar-refractivity contribution >= 4 is 28.3 Å². The predicted molar refractivity (Wildman–Crippen MR) is 122 cm³/mol. The number of hydrogen-bond acceptors (Lipinski definition) is 4. The van der Waals surface area contributed by atoms with Crippen LogP contribution in [-0.4, -0.2) is 45.4 Å². The molecule has 1 aliphatic heterocycles. The van der Waals surface area contributed by atoms with Crippen LogP contribution in [0.15, 0.2) is 84.9 Å². The molecule has 5 rings (SSSR count). The number of hydrogen-bond donors (Lipinski definition) is 0. The first-order valence-corrected chi connectivity index (χ1v) is 10.7. The molecular weight excluding hydrogens is 386 g/mol. The van der Waals surface area contributed by atoms with Gasteiger partial charge >= 0.3 is 0 Å². The average molecular weight is 412 g/mol. The molecule has 1 aliphatic rings. The third kappa shape index (κ3) is 4.07. The van der Waals surface area contributed by atoms with Gasteiger partial charge in [0.05, 0.1) is 18.1 Å². The molecule has 0 aliphatic carbocycles. The van der Waals surface area contributed by atoms with Crippen molar-refractivity contribution in [2.75, 3.05) is 24.5 Å². The number of likely N-dealkylation sites (tertiary alicyclic amines) is 1. The van der Waals surface area contributed by atoms with Gasteiger partial charge in [-0.15, -0.1) is 5.10 Å². The lowest BCUT2D eigenvalue weighted by Gasteiger charge is -2.33. The van der Waals surface area contributed by atoms with E-state index in [9.17, 15) is 4.79 Å². The number of amides is 1. The van der Waals surface area contributed by atoms with Crippen LogP contribution in [-0.2, 0) is 4.79 Å². The van der Waals surface area contributed by atoms with Gasteiger partial charge in [0.2, 0.25) is 5.91 Å². The largest absolute Gasteiger partial charge is 0.294 e. The quantitative estimate of drug-likeness (QED) is 0.487. The van der Waals surface area contributed by atoms with E-state index >= 15 is 0 Å². The lowest BCUT2D eigenvalue weighted by atomic mass is 10.0. The van der Waals surface area contributed by atoms with E-state index in [1.807, 2.05) is 83.8 Å². The topological polar surface area (TPSA) is 54.3 Å². The second kappa shape index (κ2) is 8.70. The van der Waals surface area contributed by atoms with E-state index in [4.69, 9.17) is 0 Å². The highest BCUT2D eigenvalue weighted by Crippen LogP contribution is 2.28. The van der Waals surface area contributed by atoms with Crippen LogP contribution in [0.2, 0.25) is 0 Å². The van der Waals surface area contributed by atoms with Crippen molar-refractivity contribution < 1.29 is 4.79 Å². The fourth-order valence-corrected chi connectivity index (χ4v) is 4.33. The SMILES string of the molecule is O=C(CN1CCC(n2nnc3ccccc32)CC1)N(c1ccccc1)c1ccccc1.